The van der Waals surface area contributed by atoms with Crippen LogP contribution in [0.3, 0.4) is 0 Å². The van der Waals surface area contributed by atoms with E-state index in [1.807, 2.05) is 6.07 Å². The van der Waals surface area contributed by atoms with E-state index in [1.165, 1.54) is 47.8 Å². The first-order valence-corrected chi connectivity index (χ1v) is 8.88. The Balaban J connectivity index is 2.06. The van der Waals surface area contributed by atoms with Crippen molar-refractivity contribution >= 4 is 34.4 Å². The summed E-state index contributed by atoms with van der Waals surface area (Å²) in [6, 6.07) is 7.20. The highest BCUT2D eigenvalue weighted by molar-refractivity contribution is 6.29. The lowest BCUT2D eigenvalue weighted by Crippen LogP contribution is -2.39. The van der Waals surface area contributed by atoms with Gasteiger partial charge in [0.05, 0.1) is 12.5 Å². The Hall–Kier alpha value is -3.45. The van der Waals surface area contributed by atoms with Crippen LogP contribution in [0.25, 0.3) is 11.2 Å². The molecule has 1 aromatic carbocycles. The van der Waals surface area contributed by atoms with Crippen LogP contribution in [0.2, 0.25) is 5.28 Å². The fourth-order valence-electron chi connectivity index (χ4n) is 2.97. The van der Waals surface area contributed by atoms with Gasteiger partial charge >= 0.3 is 5.69 Å². The van der Waals surface area contributed by atoms with Crippen LogP contribution < -0.4 is 16.1 Å². The van der Waals surface area contributed by atoms with Crippen LogP contribution >= 0.6 is 11.6 Å². The number of aromatic nitrogens is 4. The topological polar surface area (TPSA) is 106 Å². The Bertz CT molecular complexity index is 1250. The number of imidazole rings is 1. The molecule has 0 radical (unpaired) electrons. The van der Waals surface area contributed by atoms with Gasteiger partial charge in [-0.25, -0.2) is 9.18 Å². The van der Waals surface area contributed by atoms with Crippen LogP contribution in [0, 0.1) is 17.1 Å². The van der Waals surface area contributed by atoms with Crippen LogP contribution in [-0.2, 0) is 25.4 Å². The number of carbonyl (C=O) groups is 1. The van der Waals surface area contributed by atoms with Gasteiger partial charge in [-0.15, -0.1) is 0 Å². The molecule has 0 atom stereocenters. The third-order valence-corrected chi connectivity index (χ3v) is 4.77. The third kappa shape index (κ3) is 3.64. The molecule has 0 spiro atoms. The van der Waals surface area contributed by atoms with Crippen LogP contribution in [0.1, 0.15) is 6.42 Å². The van der Waals surface area contributed by atoms with E-state index in [4.69, 9.17) is 16.9 Å². The molecule has 0 fully saturated rings. The molecule has 0 aliphatic rings. The number of nitrogens with zero attached hydrogens (tertiary/aromatic N) is 6. The van der Waals surface area contributed by atoms with Crippen molar-refractivity contribution in [3.63, 3.8) is 0 Å². The first-order valence-electron chi connectivity index (χ1n) is 8.51. The summed E-state index contributed by atoms with van der Waals surface area (Å²) >= 11 is 6.15. The van der Waals surface area contributed by atoms with E-state index in [1.54, 1.807) is 0 Å². The van der Waals surface area contributed by atoms with E-state index >= 15 is 0 Å². The molecule has 0 unspecified atom stereocenters. The minimum Gasteiger partial charge on any atom is -0.310 e. The number of hydrogen-bond donors (Lipinski definition) is 0. The molecular weight excluding hydrogens is 403 g/mol. The Morgan fingerprint density at radius 2 is 1.90 bits per heavy atom. The third-order valence-electron chi connectivity index (χ3n) is 4.48. The smallest absolute Gasteiger partial charge is 0.310 e. The summed E-state index contributed by atoms with van der Waals surface area (Å²) in [6.07, 6.45) is 0.0534. The number of nitriles is 1. The van der Waals surface area contributed by atoms with Crippen LogP contribution in [0.15, 0.2) is 33.9 Å². The summed E-state index contributed by atoms with van der Waals surface area (Å²) in [5, 5.41) is 8.76. The Labute approximate surface area is 168 Å². The standard InChI is InChI=1S/C18H16ClFN6O3/c1-23-15-14(16(28)24(2)18(23)29)26(17(19)22-15)10-13(27)25(9-3-8-21)12-6-4-11(20)5-7-12/h4-7H,3,9-10H2,1-2H3. The average molecular weight is 419 g/mol. The average Bonchev–Trinajstić information content (AvgIpc) is 3.02. The first kappa shape index (κ1) is 20.3. The summed E-state index contributed by atoms with van der Waals surface area (Å²) in [6.45, 7) is -0.284. The van der Waals surface area contributed by atoms with Crippen molar-refractivity contribution in [3.8, 4) is 6.07 Å². The van der Waals surface area contributed by atoms with Gasteiger partial charge in [-0.3, -0.25) is 23.3 Å². The molecule has 0 saturated heterocycles. The molecule has 2 aromatic heterocycles. The zero-order chi connectivity index (χ0) is 21.3. The van der Waals surface area contributed by atoms with Crippen molar-refractivity contribution in [2.45, 2.75) is 13.0 Å². The van der Waals surface area contributed by atoms with E-state index < -0.39 is 23.0 Å². The zero-order valence-corrected chi connectivity index (χ0v) is 16.4. The van der Waals surface area contributed by atoms with Crippen molar-refractivity contribution < 1.29 is 9.18 Å². The lowest BCUT2D eigenvalue weighted by molar-refractivity contribution is -0.119. The van der Waals surface area contributed by atoms with E-state index in [0.29, 0.717) is 5.69 Å². The second-order valence-electron chi connectivity index (χ2n) is 6.27. The number of aryl methyl sites for hydroxylation is 1. The maximum absolute atomic E-state index is 13.2. The van der Waals surface area contributed by atoms with E-state index in [2.05, 4.69) is 4.98 Å². The summed E-state index contributed by atoms with van der Waals surface area (Å²) in [7, 11) is 2.76. The van der Waals surface area contributed by atoms with Gasteiger partial charge in [0, 0.05) is 26.3 Å². The number of rotatable bonds is 5. The second-order valence-corrected chi connectivity index (χ2v) is 6.61. The van der Waals surface area contributed by atoms with Crippen molar-refractivity contribution in [3.05, 3.63) is 56.2 Å². The number of fused-ring (bicyclic) bond motifs is 1. The quantitative estimate of drug-likeness (QED) is 0.578. The highest BCUT2D eigenvalue weighted by Gasteiger charge is 2.23. The van der Waals surface area contributed by atoms with Crippen molar-refractivity contribution in [1.29, 1.82) is 5.26 Å². The number of benzene rings is 1. The minimum atomic E-state index is -0.638. The van der Waals surface area contributed by atoms with Gasteiger partial charge in [-0.2, -0.15) is 10.2 Å². The molecule has 0 bridgehead atoms. The van der Waals surface area contributed by atoms with E-state index in [0.717, 1.165) is 9.13 Å². The molecule has 3 rings (SSSR count). The minimum absolute atomic E-state index is 0.00675. The lowest BCUT2D eigenvalue weighted by Gasteiger charge is -2.22. The Morgan fingerprint density at radius 1 is 1.24 bits per heavy atom. The van der Waals surface area contributed by atoms with Gasteiger partial charge < -0.3 is 4.90 Å². The van der Waals surface area contributed by atoms with Gasteiger partial charge in [-0.1, -0.05) is 0 Å². The molecule has 1 amide bonds. The van der Waals surface area contributed by atoms with E-state index in [-0.39, 0.29) is 36.0 Å². The largest absolute Gasteiger partial charge is 0.332 e. The predicted molar refractivity (Wildman–Crippen MR) is 104 cm³/mol. The zero-order valence-electron chi connectivity index (χ0n) is 15.6. The fourth-order valence-corrected chi connectivity index (χ4v) is 3.19. The van der Waals surface area contributed by atoms with Gasteiger partial charge in [0.1, 0.15) is 12.4 Å². The number of anilines is 1. The molecular formula is C18H16ClFN6O3. The number of amides is 1. The molecule has 0 N–H and O–H groups in total. The molecule has 0 aliphatic carbocycles. The summed E-state index contributed by atoms with van der Waals surface area (Å²) in [4.78, 5) is 43.0. The number of hydrogen-bond acceptors (Lipinski definition) is 5. The monoisotopic (exact) mass is 418 g/mol. The van der Waals surface area contributed by atoms with Crippen LogP contribution in [0.5, 0.6) is 0 Å². The van der Waals surface area contributed by atoms with Gasteiger partial charge in [-0.05, 0) is 35.9 Å². The van der Waals surface area contributed by atoms with Gasteiger partial charge in [0.15, 0.2) is 11.2 Å². The highest BCUT2D eigenvalue weighted by atomic mass is 35.5. The molecule has 150 valence electrons. The summed E-state index contributed by atoms with van der Waals surface area (Å²) < 4.78 is 16.5. The first-order chi connectivity index (χ1) is 13.8. The van der Waals surface area contributed by atoms with Gasteiger partial charge in [0.25, 0.3) is 5.56 Å². The van der Waals surface area contributed by atoms with Gasteiger partial charge in [0.2, 0.25) is 11.2 Å². The van der Waals surface area contributed by atoms with Crippen molar-refractivity contribution in [2.75, 3.05) is 11.4 Å². The fraction of sp³-hybridized carbons (Fsp3) is 0.278. The SMILES string of the molecule is Cn1c(=O)c2c(nc(Cl)n2CC(=O)N(CCC#N)c2ccc(F)cc2)n(C)c1=O. The number of halogens is 2. The second kappa shape index (κ2) is 7.89. The molecule has 2 heterocycles. The molecule has 11 heteroatoms. The molecule has 9 nitrogen and oxygen atoms in total. The molecule has 29 heavy (non-hydrogen) atoms. The molecule has 0 saturated carbocycles. The Morgan fingerprint density at radius 3 is 2.52 bits per heavy atom. The number of carbonyl (C=O) groups excluding carboxylic acids is 1. The highest BCUT2D eigenvalue weighted by Crippen LogP contribution is 2.19. The normalized spacial score (nSPS) is 10.9. The van der Waals surface area contributed by atoms with E-state index in [9.17, 15) is 18.8 Å². The Kier molecular flexibility index (Phi) is 5.52. The van der Waals surface area contributed by atoms with Crippen molar-refractivity contribution in [2.24, 2.45) is 14.1 Å². The lowest BCUT2D eigenvalue weighted by atomic mass is 10.2. The predicted octanol–water partition coefficient (Wildman–Crippen LogP) is 1.17. The van der Waals surface area contributed by atoms with Crippen molar-refractivity contribution in [1.82, 2.24) is 18.7 Å². The maximum Gasteiger partial charge on any atom is 0.332 e. The van der Waals surface area contributed by atoms with Crippen LogP contribution in [-0.4, -0.2) is 31.1 Å². The van der Waals surface area contributed by atoms with Crippen LogP contribution in [0.4, 0.5) is 10.1 Å². The molecule has 0 aliphatic heterocycles. The molecule has 3 aromatic rings. The summed E-state index contributed by atoms with van der Waals surface area (Å²) in [5.41, 5.74) is -0.751. The maximum atomic E-state index is 13.2. The summed E-state index contributed by atoms with van der Waals surface area (Å²) in [5.74, 6) is -0.946.